The zero-order valence-electron chi connectivity index (χ0n) is 9.85. The third-order valence-electron chi connectivity index (χ3n) is 2.61. The summed E-state index contributed by atoms with van der Waals surface area (Å²) < 4.78 is 15.0. The second-order valence-electron chi connectivity index (χ2n) is 4.09. The van der Waals surface area contributed by atoms with Crippen molar-refractivity contribution in [2.45, 2.75) is 13.5 Å². The van der Waals surface area contributed by atoms with Crippen molar-refractivity contribution < 1.29 is 9.18 Å². The number of hydrogen-bond acceptors (Lipinski definition) is 2. The quantitative estimate of drug-likeness (QED) is 0.777. The molecule has 0 spiro atoms. The minimum atomic E-state index is -0.428. The summed E-state index contributed by atoms with van der Waals surface area (Å²) in [5.74, 6) is -0.436. The summed E-state index contributed by atoms with van der Waals surface area (Å²) in [5.41, 5.74) is 1.60. The van der Waals surface area contributed by atoms with Crippen molar-refractivity contribution in [1.82, 2.24) is 4.57 Å². The molecule has 90 valence electrons. The second-order valence-corrected chi connectivity index (χ2v) is 4.09. The molecule has 0 saturated carbocycles. The molecule has 0 fully saturated rings. The monoisotopic (exact) mass is 242 g/mol. The van der Waals surface area contributed by atoms with Crippen LogP contribution in [0, 0.1) is 17.1 Å². The predicted molar refractivity (Wildman–Crippen MR) is 64.7 cm³/mol. The lowest BCUT2D eigenvalue weighted by Crippen LogP contribution is -1.98. The average Bonchev–Trinajstić information content (AvgIpc) is 2.76. The van der Waals surface area contributed by atoms with Gasteiger partial charge in [-0.1, -0.05) is 0 Å². The van der Waals surface area contributed by atoms with E-state index in [0.717, 1.165) is 0 Å². The Morgan fingerprint density at radius 3 is 2.83 bits per heavy atom. The molecular formula is C14H11FN2O. The van der Waals surface area contributed by atoms with Crippen molar-refractivity contribution in [1.29, 1.82) is 5.26 Å². The Hall–Kier alpha value is -2.41. The fourth-order valence-electron chi connectivity index (χ4n) is 1.76. The van der Waals surface area contributed by atoms with Crippen LogP contribution in [0.3, 0.4) is 0 Å². The molecule has 1 aromatic carbocycles. The van der Waals surface area contributed by atoms with Crippen LogP contribution in [0.5, 0.6) is 0 Å². The van der Waals surface area contributed by atoms with Crippen LogP contribution in [0.2, 0.25) is 0 Å². The number of rotatable bonds is 3. The van der Waals surface area contributed by atoms with Gasteiger partial charge in [0.05, 0.1) is 11.6 Å². The van der Waals surface area contributed by atoms with Gasteiger partial charge in [-0.05, 0) is 36.8 Å². The maximum absolute atomic E-state index is 13.2. The summed E-state index contributed by atoms with van der Waals surface area (Å²) >= 11 is 0. The molecule has 0 bridgehead atoms. The van der Waals surface area contributed by atoms with E-state index in [1.807, 2.05) is 6.07 Å². The molecule has 0 aliphatic rings. The molecule has 1 heterocycles. The van der Waals surface area contributed by atoms with Gasteiger partial charge < -0.3 is 4.57 Å². The van der Waals surface area contributed by atoms with Gasteiger partial charge in [-0.2, -0.15) is 5.26 Å². The lowest BCUT2D eigenvalue weighted by molar-refractivity contribution is 0.101. The third kappa shape index (κ3) is 2.64. The molecule has 18 heavy (non-hydrogen) atoms. The zero-order chi connectivity index (χ0) is 13.1. The molecule has 0 aliphatic carbocycles. The first-order chi connectivity index (χ1) is 8.58. The van der Waals surface area contributed by atoms with Crippen LogP contribution in [0.15, 0.2) is 36.7 Å². The molecule has 3 nitrogen and oxygen atoms in total. The van der Waals surface area contributed by atoms with E-state index in [4.69, 9.17) is 5.26 Å². The minimum absolute atomic E-state index is 0.00861. The van der Waals surface area contributed by atoms with Gasteiger partial charge in [0, 0.05) is 24.5 Å². The molecule has 2 aromatic rings. The van der Waals surface area contributed by atoms with Crippen molar-refractivity contribution in [2.75, 3.05) is 0 Å². The van der Waals surface area contributed by atoms with E-state index < -0.39 is 5.82 Å². The van der Waals surface area contributed by atoms with Crippen molar-refractivity contribution in [3.63, 3.8) is 0 Å². The summed E-state index contributed by atoms with van der Waals surface area (Å²) in [6.45, 7) is 1.93. The Bertz CT molecular complexity index is 637. The van der Waals surface area contributed by atoms with Crippen LogP contribution >= 0.6 is 0 Å². The molecular weight excluding hydrogens is 231 g/mol. The first-order valence-corrected chi connectivity index (χ1v) is 5.45. The largest absolute Gasteiger partial charge is 0.349 e. The van der Waals surface area contributed by atoms with Crippen LogP contribution in [0.4, 0.5) is 4.39 Å². The van der Waals surface area contributed by atoms with E-state index in [2.05, 4.69) is 0 Å². The van der Waals surface area contributed by atoms with E-state index in [1.54, 1.807) is 29.1 Å². The van der Waals surface area contributed by atoms with Crippen LogP contribution in [-0.4, -0.2) is 10.4 Å². The van der Waals surface area contributed by atoms with Crippen molar-refractivity contribution in [3.05, 3.63) is 59.2 Å². The predicted octanol–water partition coefficient (Wildman–Crippen LogP) is 2.75. The molecule has 0 atom stereocenters. The van der Waals surface area contributed by atoms with Crippen LogP contribution in [0.25, 0.3) is 0 Å². The van der Waals surface area contributed by atoms with E-state index >= 15 is 0 Å². The molecule has 0 amide bonds. The Labute approximate surface area is 104 Å². The van der Waals surface area contributed by atoms with E-state index in [1.165, 1.54) is 19.1 Å². The number of halogens is 1. The fourth-order valence-corrected chi connectivity index (χ4v) is 1.76. The minimum Gasteiger partial charge on any atom is -0.349 e. The highest BCUT2D eigenvalue weighted by atomic mass is 19.1. The number of carbonyl (C=O) groups is 1. The molecule has 4 heteroatoms. The summed E-state index contributed by atoms with van der Waals surface area (Å²) in [6.07, 6.45) is 3.47. The molecule has 0 radical (unpaired) electrons. The van der Waals surface area contributed by atoms with Gasteiger partial charge in [-0.15, -0.1) is 0 Å². The highest BCUT2D eigenvalue weighted by Gasteiger charge is 2.04. The van der Waals surface area contributed by atoms with Crippen molar-refractivity contribution in [2.24, 2.45) is 0 Å². The number of hydrogen-bond donors (Lipinski definition) is 0. The standard InChI is InChI=1S/C14H11FN2O/c1-10(18)13-2-3-17(9-13)8-12-4-11(7-16)5-14(15)6-12/h2-6,9H,8H2,1H3. The van der Waals surface area contributed by atoms with Crippen LogP contribution < -0.4 is 0 Å². The zero-order valence-corrected chi connectivity index (χ0v) is 9.85. The third-order valence-corrected chi connectivity index (χ3v) is 2.61. The topological polar surface area (TPSA) is 45.8 Å². The second kappa shape index (κ2) is 4.84. The summed E-state index contributed by atoms with van der Waals surface area (Å²) in [5, 5.41) is 8.76. The maximum atomic E-state index is 13.2. The number of nitrogens with zero attached hydrogens (tertiary/aromatic N) is 2. The van der Waals surface area contributed by atoms with E-state index in [0.29, 0.717) is 23.2 Å². The molecule has 0 aliphatic heterocycles. The van der Waals surface area contributed by atoms with Gasteiger partial charge >= 0.3 is 0 Å². The summed E-state index contributed by atoms with van der Waals surface area (Å²) in [4.78, 5) is 11.1. The molecule has 2 rings (SSSR count). The Balaban J connectivity index is 2.25. The van der Waals surface area contributed by atoms with Gasteiger partial charge in [-0.3, -0.25) is 4.79 Å². The number of nitriles is 1. The van der Waals surface area contributed by atoms with Gasteiger partial charge in [0.2, 0.25) is 0 Å². The van der Waals surface area contributed by atoms with Crippen LogP contribution in [-0.2, 0) is 6.54 Å². The van der Waals surface area contributed by atoms with Gasteiger partial charge in [-0.25, -0.2) is 4.39 Å². The highest BCUT2D eigenvalue weighted by Crippen LogP contribution is 2.11. The number of benzene rings is 1. The van der Waals surface area contributed by atoms with Gasteiger partial charge in [0.15, 0.2) is 5.78 Å². The Kier molecular flexibility index (Phi) is 3.24. The SMILES string of the molecule is CC(=O)c1ccn(Cc2cc(F)cc(C#N)c2)c1. The Morgan fingerprint density at radius 1 is 1.44 bits per heavy atom. The van der Waals surface area contributed by atoms with E-state index in [-0.39, 0.29) is 5.78 Å². The number of ketones is 1. The lowest BCUT2D eigenvalue weighted by Gasteiger charge is -2.04. The molecule has 0 saturated heterocycles. The number of aromatic nitrogens is 1. The number of carbonyl (C=O) groups excluding carboxylic acids is 1. The highest BCUT2D eigenvalue weighted by molar-refractivity contribution is 5.93. The van der Waals surface area contributed by atoms with Crippen LogP contribution in [0.1, 0.15) is 28.4 Å². The van der Waals surface area contributed by atoms with Gasteiger partial charge in [0.1, 0.15) is 5.82 Å². The smallest absolute Gasteiger partial charge is 0.161 e. The van der Waals surface area contributed by atoms with Crippen molar-refractivity contribution in [3.8, 4) is 6.07 Å². The lowest BCUT2D eigenvalue weighted by atomic mass is 10.1. The first kappa shape index (κ1) is 12.1. The fraction of sp³-hybridized carbons (Fsp3) is 0.143. The molecule has 0 unspecified atom stereocenters. The Morgan fingerprint density at radius 2 is 2.22 bits per heavy atom. The number of Topliss-reactive ketones (excluding diaryl/α,β-unsaturated/α-hetero) is 1. The normalized spacial score (nSPS) is 10.1. The maximum Gasteiger partial charge on any atom is 0.161 e. The molecule has 1 aromatic heterocycles. The molecule has 0 N–H and O–H groups in total. The van der Waals surface area contributed by atoms with E-state index in [9.17, 15) is 9.18 Å². The van der Waals surface area contributed by atoms with Crippen molar-refractivity contribution >= 4 is 5.78 Å². The van der Waals surface area contributed by atoms with Gasteiger partial charge in [0.25, 0.3) is 0 Å². The summed E-state index contributed by atoms with van der Waals surface area (Å²) in [6, 6.07) is 7.84. The first-order valence-electron chi connectivity index (χ1n) is 5.45. The average molecular weight is 242 g/mol. The summed E-state index contributed by atoms with van der Waals surface area (Å²) in [7, 11) is 0.